The normalized spacial score (nSPS) is 11.8. The van der Waals surface area contributed by atoms with Gasteiger partial charge in [0.25, 0.3) is 5.91 Å². The quantitative estimate of drug-likeness (QED) is 0.392. The van der Waals surface area contributed by atoms with Gasteiger partial charge in [-0.15, -0.1) is 0 Å². The molecule has 0 aliphatic heterocycles. The summed E-state index contributed by atoms with van der Waals surface area (Å²) in [6, 6.07) is 7.33. The number of carbonyl (C=O) groups excluding carboxylic acids is 1. The Morgan fingerprint density at radius 3 is 2.51 bits per heavy atom. The van der Waals surface area contributed by atoms with Crippen LogP contribution in [0.2, 0.25) is 5.02 Å². The monoisotopic (exact) mass is 506 g/mol. The highest BCUT2D eigenvalue weighted by Gasteiger charge is 2.37. The first kappa shape index (κ1) is 24.5. The number of hydrogen-bond acceptors (Lipinski definition) is 5. The molecule has 0 fully saturated rings. The molecule has 0 bridgehead atoms. The minimum Gasteiger partial charge on any atom is -0.497 e. The SMILES string of the molecule is COc1cccc(-c2cc(C(F)(F)F)n3nc(C(=O)N(C)Cc4c(C)nn(C)c4C)c(Cl)c3n2)c1. The van der Waals surface area contributed by atoms with Crippen molar-refractivity contribution in [3.8, 4) is 17.0 Å². The van der Waals surface area contributed by atoms with Gasteiger partial charge in [0.2, 0.25) is 0 Å². The Balaban J connectivity index is 1.81. The Hall–Kier alpha value is -3.60. The molecule has 0 saturated heterocycles. The van der Waals surface area contributed by atoms with Crippen molar-refractivity contribution in [3.05, 3.63) is 63.7 Å². The molecule has 1 amide bonds. The van der Waals surface area contributed by atoms with Gasteiger partial charge in [0, 0.05) is 37.5 Å². The van der Waals surface area contributed by atoms with E-state index in [4.69, 9.17) is 16.3 Å². The summed E-state index contributed by atoms with van der Waals surface area (Å²) in [6.45, 7) is 3.87. The summed E-state index contributed by atoms with van der Waals surface area (Å²) in [5.41, 5.74) is 1.14. The predicted molar refractivity (Wildman–Crippen MR) is 123 cm³/mol. The molecule has 4 aromatic rings. The molecule has 35 heavy (non-hydrogen) atoms. The molecule has 0 N–H and O–H groups in total. The number of alkyl halides is 3. The average molecular weight is 507 g/mol. The highest BCUT2D eigenvalue weighted by Crippen LogP contribution is 2.35. The van der Waals surface area contributed by atoms with Gasteiger partial charge in [-0.1, -0.05) is 23.7 Å². The van der Waals surface area contributed by atoms with Gasteiger partial charge in [-0.2, -0.15) is 23.4 Å². The lowest BCUT2D eigenvalue weighted by Crippen LogP contribution is -2.27. The molecule has 0 aliphatic carbocycles. The number of methoxy groups -OCH3 is 1. The van der Waals surface area contributed by atoms with Gasteiger partial charge in [-0.25, -0.2) is 9.50 Å². The topological polar surface area (TPSA) is 77.5 Å². The second-order valence-corrected chi connectivity index (χ2v) is 8.47. The lowest BCUT2D eigenvalue weighted by molar-refractivity contribution is -0.142. The lowest BCUT2D eigenvalue weighted by atomic mass is 10.1. The Morgan fingerprint density at radius 2 is 1.91 bits per heavy atom. The molecule has 8 nitrogen and oxygen atoms in total. The van der Waals surface area contributed by atoms with Crippen LogP contribution in [0.5, 0.6) is 5.75 Å². The lowest BCUT2D eigenvalue weighted by Gasteiger charge is -2.16. The van der Waals surface area contributed by atoms with E-state index in [0.717, 1.165) is 23.0 Å². The molecule has 12 heteroatoms. The largest absolute Gasteiger partial charge is 0.497 e. The fourth-order valence-electron chi connectivity index (χ4n) is 3.80. The summed E-state index contributed by atoms with van der Waals surface area (Å²) in [4.78, 5) is 18.8. The highest BCUT2D eigenvalue weighted by atomic mass is 35.5. The first-order chi connectivity index (χ1) is 16.4. The van der Waals surface area contributed by atoms with E-state index >= 15 is 0 Å². The van der Waals surface area contributed by atoms with Crippen LogP contribution in [0, 0.1) is 13.8 Å². The van der Waals surface area contributed by atoms with Crippen molar-refractivity contribution in [1.29, 1.82) is 0 Å². The summed E-state index contributed by atoms with van der Waals surface area (Å²) < 4.78 is 49.4. The molecule has 0 radical (unpaired) electrons. The zero-order valence-electron chi connectivity index (χ0n) is 19.6. The summed E-state index contributed by atoms with van der Waals surface area (Å²) >= 11 is 6.40. The van der Waals surface area contributed by atoms with Gasteiger partial charge >= 0.3 is 6.18 Å². The molecule has 0 spiro atoms. The average Bonchev–Trinajstić information content (AvgIpc) is 3.27. The molecule has 0 aliphatic rings. The number of nitrogens with zero attached hydrogens (tertiary/aromatic N) is 6. The molecule has 184 valence electrons. The Morgan fingerprint density at radius 1 is 1.20 bits per heavy atom. The van der Waals surface area contributed by atoms with Crippen molar-refractivity contribution in [3.63, 3.8) is 0 Å². The van der Waals surface area contributed by atoms with Gasteiger partial charge < -0.3 is 9.64 Å². The first-order valence-electron chi connectivity index (χ1n) is 10.5. The number of aryl methyl sites for hydroxylation is 2. The van der Waals surface area contributed by atoms with Crippen molar-refractivity contribution >= 4 is 23.2 Å². The minimum atomic E-state index is -4.78. The summed E-state index contributed by atoms with van der Waals surface area (Å²) in [7, 11) is 4.76. The van der Waals surface area contributed by atoms with Crippen LogP contribution in [-0.2, 0) is 19.8 Å². The number of amides is 1. The molecule has 0 saturated carbocycles. The molecule has 1 aromatic carbocycles. The molecular weight excluding hydrogens is 485 g/mol. The number of benzene rings is 1. The van der Waals surface area contributed by atoms with E-state index in [-0.39, 0.29) is 28.6 Å². The van der Waals surface area contributed by atoms with Crippen LogP contribution in [0.4, 0.5) is 13.2 Å². The van der Waals surface area contributed by atoms with E-state index in [0.29, 0.717) is 15.8 Å². The highest BCUT2D eigenvalue weighted by molar-refractivity contribution is 6.36. The van der Waals surface area contributed by atoms with E-state index in [1.165, 1.54) is 19.1 Å². The fraction of sp³-hybridized carbons (Fsp3) is 0.304. The van der Waals surface area contributed by atoms with Crippen molar-refractivity contribution in [2.45, 2.75) is 26.6 Å². The third-order valence-electron chi connectivity index (χ3n) is 5.79. The van der Waals surface area contributed by atoms with Crippen LogP contribution in [0.3, 0.4) is 0 Å². The van der Waals surface area contributed by atoms with Crippen LogP contribution in [0.1, 0.15) is 33.1 Å². The predicted octanol–water partition coefficient (Wildman–Crippen LogP) is 4.70. The molecular formula is C23H22ClF3N6O2. The standard InChI is InChI=1S/C23H22ClF3N6O2/c1-12-16(13(2)32(4)29-12)11-31(3)22(34)20-19(24)21-28-17(14-7-6-8-15(9-14)35-5)10-18(23(25,26)27)33(21)30-20/h6-10H,11H2,1-5H3. The van der Waals surface area contributed by atoms with Crippen LogP contribution >= 0.6 is 11.6 Å². The maximum atomic E-state index is 14.0. The molecule has 3 heterocycles. The maximum absolute atomic E-state index is 14.0. The number of fused-ring (bicyclic) bond motifs is 1. The van der Waals surface area contributed by atoms with Gasteiger partial charge in [-0.3, -0.25) is 9.48 Å². The van der Waals surface area contributed by atoms with Crippen LogP contribution < -0.4 is 4.74 Å². The van der Waals surface area contributed by atoms with Gasteiger partial charge in [0.15, 0.2) is 17.0 Å². The fourth-order valence-corrected chi connectivity index (χ4v) is 4.04. The third-order valence-corrected chi connectivity index (χ3v) is 6.14. The Labute approximate surface area is 203 Å². The Kier molecular flexibility index (Phi) is 6.22. The number of carbonyl (C=O) groups is 1. The van der Waals surface area contributed by atoms with Crippen LogP contribution in [0.15, 0.2) is 30.3 Å². The Bertz CT molecular complexity index is 1440. The summed E-state index contributed by atoms with van der Waals surface area (Å²) in [5.74, 6) is -0.185. The van der Waals surface area contributed by atoms with Crippen molar-refractivity contribution < 1.29 is 22.7 Å². The number of ether oxygens (including phenoxy) is 1. The van der Waals surface area contributed by atoms with Gasteiger partial charge in [-0.05, 0) is 32.0 Å². The molecule has 0 unspecified atom stereocenters. The summed E-state index contributed by atoms with van der Waals surface area (Å²) in [6.07, 6.45) is -4.78. The third kappa shape index (κ3) is 4.43. The van der Waals surface area contributed by atoms with Gasteiger partial charge in [0.1, 0.15) is 10.8 Å². The van der Waals surface area contributed by atoms with E-state index in [9.17, 15) is 18.0 Å². The number of halogens is 4. The van der Waals surface area contributed by atoms with Crippen molar-refractivity contribution in [2.24, 2.45) is 7.05 Å². The number of hydrogen-bond donors (Lipinski definition) is 0. The maximum Gasteiger partial charge on any atom is 0.433 e. The number of aromatic nitrogens is 5. The summed E-state index contributed by atoms with van der Waals surface area (Å²) in [5, 5.41) is 7.98. The second kappa shape index (κ2) is 8.88. The molecule has 3 aromatic heterocycles. The first-order valence-corrected chi connectivity index (χ1v) is 10.9. The van der Waals surface area contributed by atoms with Crippen LogP contribution in [-0.4, -0.2) is 49.3 Å². The van der Waals surface area contributed by atoms with Gasteiger partial charge in [0.05, 0.1) is 18.5 Å². The zero-order chi connectivity index (χ0) is 25.7. The van der Waals surface area contributed by atoms with E-state index in [2.05, 4.69) is 15.2 Å². The van der Waals surface area contributed by atoms with E-state index < -0.39 is 17.8 Å². The number of rotatable bonds is 5. The van der Waals surface area contributed by atoms with Crippen molar-refractivity contribution in [2.75, 3.05) is 14.2 Å². The van der Waals surface area contributed by atoms with Crippen LogP contribution in [0.25, 0.3) is 16.9 Å². The zero-order valence-corrected chi connectivity index (χ0v) is 20.4. The van der Waals surface area contributed by atoms with E-state index in [1.807, 2.05) is 13.8 Å². The minimum absolute atomic E-state index is 0.0134. The van der Waals surface area contributed by atoms with Crippen molar-refractivity contribution in [1.82, 2.24) is 29.3 Å². The molecule has 4 rings (SSSR count). The smallest absolute Gasteiger partial charge is 0.433 e. The molecule has 0 atom stereocenters. The second-order valence-electron chi connectivity index (χ2n) is 8.09. The van der Waals surface area contributed by atoms with E-state index in [1.54, 1.807) is 36.0 Å².